The highest BCUT2D eigenvalue weighted by Crippen LogP contribution is 2.43. The van der Waals surface area contributed by atoms with Gasteiger partial charge in [-0.05, 0) is 35.9 Å². The molecule has 188 valence electrons. The number of rotatable bonds is 6. The van der Waals surface area contributed by atoms with Gasteiger partial charge in [0.15, 0.2) is 22.9 Å². The monoisotopic (exact) mass is 510 g/mol. The van der Waals surface area contributed by atoms with Gasteiger partial charge in [0.25, 0.3) is 5.91 Å². The molecule has 0 aliphatic carbocycles. The van der Waals surface area contributed by atoms with Crippen molar-refractivity contribution in [1.29, 1.82) is 0 Å². The molecular formula is C26H17F3N2O6. The topological polar surface area (TPSA) is 102 Å². The second-order valence-corrected chi connectivity index (χ2v) is 7.99. The number of hydrogen-bond acceptors (Lipinski definition) is 7. The molecule has 1 unspecified atom stereocenters. The number of ether oxygens (including phenoxy) is 2. The molecule has 1 aliphatic heterocycles. The molecular weight excluding hydrogens is 493 g/mol. The van der Waals surface area contributed by atoms with Crippen LogP contribution in [0.4, 0.5) is 18.9 Å². The van der Waals surface area contributed by atoms with E-state index in [-0.39, 0.29) is 17.0 Å². The van der Waals surface area contributed by atoms with E-state index in [9.17, 15) is 27.9 Å². The fraction of sp³-hybridized carbons (Fsp3) is 0.115. The average Bonchev–Trinajstić information content (AvgIpc) is 3.42. The van der Waals surface area contributed by atoms with Crippen molar-refractivity contribution in [2.75, 3.05) is 12.0 Å². The van der Waals surface area contributed by atoms with E-state index in [0.717, 1.165) is 17.0 Å². The van der Waals surface area contributed by atoms with Crippen LogP contribution in [0.15, 0.2) is 88.8 Å². The van der Waals surface area contributed by atoms with E-state index in [0.29, 0.717) is 22.3 Å². The standard InChI is InChI=1S/C26H17F3N2O6/c1-35-18-9-2-5-14-11-19(36-24(14)18)22(32)20-21(15-6-4-10-30-13-15)31(25(34)23(20)33)16-7-3-8-17(12-16)37-26(27,28)29/h2-13,21,33H,1H3. The summed E-state index contributed by atoms with van der Waals surface area (Å²) in [4.78, 5) is 31.9. The third-order valence-corrected chi connectivity index (χ3v) is 5.73. The van der Waals surface area contributed by atoms with Gasteiger partial charge in [0, 0.05) is 29.5 Å². The van der Waals surface area contributed by atoms with Crippen molar-refractivity contribution in [3.63, 3.8) is 0 Å². The molecule has 2 aromatic heterocycles. The largest absolute Gasteiger partial charge is 0.573 e. The molecule has 2 aromatic carbocycles. The smallest absolute Gasteiger partial charge is 0.503 e. The van der Waals surface area contributed by atoms with Crippen LogP contribution in [0.1, 0.15) is 22.2 Å². The van der Waals surface area contributed by atoms with Crippen LogP contribution in [0.2, 0.25) is 0 Å². The number of aliphatic hydroxyl groups is 1. The number of nitrogens with zero attached hydrogens (tertiary/aromatic N) is 2. The molecule has 0 saturated carbocycles. The molecule has 11 heteroatoms. The van der Waals surface area contributed by atoms with Gasteiger partial charge in [-0.25, -0.2) is 0 Å². The molecule has 0 spiro atoms. The molecule has 1 aliphatic rings. The predicted octanol–water partition coefficient (Wildman–Crippen LogP) is 5.52. The summed E-state index contributed by atoms with van der Waals surface area (Å²) in [7, 11) is 1.44. The summed E-state index contributed by atoms with van der Waals surface area (Å²) in [5.74, 6) is -3.01. The van der Waals surface area contributed by atoms with Crippen molar-refractivity contribution >= 4 is 28.3 Å². The fourth-order valence-electron chi connectivity index (χ4n) is 4.23. The lowest BCUT2D eigenvalue weighted by Gasteiger charge is -2.26. The third kappa shape index (κ3) is 4.35. The summed E-state index contributed by atoms with van der Waals surface area (Å²) < 4.78 is 53.4. The highest BCUT2D eigenvalue weighted by molar-refractivity contribution is 6.20. The van der Waals surface area contributed by atoms with E-state index in [1.165, 1.54) is 37.7 Å². The lowest BCUT2D eigenvalue weighted by molar-refractivity contribution is -0.274. The van der Waals surface area contributed by atoms with Crippen LogP contribution in [0.3, 0.4) is 0 Å². The van der Waals surface area contributed by atoms with Crippen LogP contribution < -0.4 is 14.4 Å². The van der Waals surface area contributed by atoms with Crippen LogP contribution in [0, 0.1) is 0 Å². The second-order valence-electron chi connectivity index (χ2n) is 7.99. The number of hydrogen-bond donors (Lipinski definition) is 1. The number of fused-ring (bicyclic) bond motifs is 1. The number of para-hydroxylation sites is 1. The maximum Gasteiger partial charge on any atom is 0.573 e. The molecule has 8 nitrogen and oxygen atoms in total. The minimum Gasteiger partial charge on any atom is -0.503 e. The van der Waals surface area contributed by atoms with E-state index in [1.54, 1.807) is 30.3 Å². The number of benzene rings is 2. The van der Waals surface area contributed by atoms with Crippen LogP contribution >= 0.6 is 0 Å². The Morgan fingerprint density at radius 1 is 1.11 bits per heavy atom. The van der Waals surface area contributed by atoms with Gasteiger partial charge in [0.2, 0.25) is 5.78 Å². The first kappa shape index (κ1) is 23.9. The van der Waals surface area contributed by atoms with Crippen molar-refractivity contribution in [3.05, 3.63) is 95.7 Å². The number of Topliss-reactive ketones (excluding diaryl/α,β-unsaturated/α-hetero) is 1. The number of anilines is 1. The number of carbonyl (C=O) groups is 2. The van der Waals surface area contributed by atoms with E-state index in [1.807, 2.05) is 0 Å². The van der Waals surface area contributed by atoms with E-state index in [4.69, 9.17) is 9.15 Å². The first-order chi connectivity index (χ1) is 17.7. The van der Waals surface area contributed by atoms with Gasteiger partial charge in [0.1, 0.15) is 5.75 Å². The molecule has 0 radical (unpaired) electrons. The maximum atomic E-state index is 13.7. The highest BCUT2D eigenvalue weighted by Gasteiger charge is 2.46. The minimum absolute atomic E-state index is 0.0405. The van der Waals surface area contributed by atoms with Crippen molar-refractivity contribution < 1.29 is 41.8 Å². The minimum atomic E-state index is -4.96. The van der Waals surface area contributed by atoms with Gasteiger partial charge in [0.05, 0.1) is 18.7 Å². The zero-order valence-corrected chi connectivity index (χ0v) is 19.0. The molecule has 1 N–H and O–H groups in total. The maximum absolute atomic E-state index is 13.7. The number of ketones is 1. The van der Waals surface area contributed by atoms with Crippen molar-refractivity contribution in [3.8, 4) is 11.5 Å². The van der Waals surface area contributed by atoms with Crippen LogP contribution in [-0.2, 0) is 4.79 Å². The Hall–Kier alpha value is -4.80. The number of furan rings is 1. The van der Waals surface area contributed by atoms with Gasteiger partial charge in [-0.3, -0.25) is 19.5 Å². The van der Waals surface area contributed by atoms with Gasteiger partial charge < -0.3 is 19.0 Å². The van der Waals surface area contributed by atoms with E-state index in [2.05, 4.69) is 9.72 Å². The number of aliphatic hydroxyl groups excluding tert-OH is 1. The Bertz CT molecular complexity index is 1540. The number of amides is 1. The molecule has 37 heavy (non-hydrogen) atoms. The van der Waals surface area contributed by atoms with Crippen molar-refractivity contribution in [2.24, 2.45) is 0 Å². The van der Waals surface area contributed by atoms with Crippen LogP contribution in [-0.4, -0.2) is 35.3 Å². The van der Waals surface area contributed by atoms with Gasteiger partial charge in [-0.2, -0.15) is 0 Å². The molecule has 1 atom stereocenters. The van der Waals surface area contributed by atoms with E-state index < -0.39 is 35.6 Å². The normalized spacial score (nSPS) is 15.9. The Labute approximate surface area is 207 Å². The fourth-order valence-corrected chi connectivity index (χ4v) is 4.23. The summed E-state index contributed by atoms with van der Waals surface area (Å²) in [6.07, 6.45) is -2.10. The summed E-state index contributed by atoms with van der Waals surface area (Å²) in [6.45, 7) is 0. The zero-order valence-electron chi connectivity index (χ0n) is 19.0. The first-order valence-electron chi connectivity index (χ1n) is 10.8. The lowest BCUT2D eigenvalue weighted by Crippen LogP contribution is -2.31. The SMILES string of the molecule is COc1cccc2cc(C(=O)C3=C(O)C(=O)N(c4cccc(OC(F)(F)F)c4)C3c3cccnc3)oc12. The third-order valence-electron chi connectivity index (χ3n) is 5.73. The Morgan fingerprint density at radius 3 is 2.59 bits per heavy atom. The molecule has 0 fully saturated rings. The summed E-state index contributed by atoms with van der Waals surface area (Å²) in [5, 5.41) is 11.4. The van der Waals surface area contributed by atoms with Crippen LogP contribution in [0.25, 0.3) is 11.0 Å². The Balaban J connectivity index is 1.62. The van der Waals surface area contributed by atoms with Gasteiger partial charge in [-0.1, -0.05) is 24.3 Å². The Morgan fingerprint density at radius 2 is 1.89 bits per heavy atom. The van der Waals surface area contributed by atoms with Crippen molar-refractivity contribution in [1.82, 2.24) is 4.98 Å². The number of pyridine rings is 1. The zero-order chi connectivity index (χ0) is 26.3. The quantitative estimate of drug-likeness (QED) is 0.341. The molecule has 4 aromatic rings. The second kappa shape index (κ2) is 9.01. The lowest BCUT2D eigenvalue weighted by atomic mass is 9.96. The summed E-state index contributed by atoms with van der Waals surface area (Å²) in [6, 6.07) is 13.1. The van der Waals surface area contributed by atoms with Gasteiger partial charge in [-0.15, -0.1) is 13.2 Å². The predicted molar refractivity (Wildman–Crippen MR) is 124 cm³/mol. The molecule has 5 rings (SSSR count). The summed E-state index contributed by atoms with van der Waals surface area (Å²) >= 11 is 0. The molecule has 3 heterocycles. The van der Waals surface area contributed by atoms with Crippen molar-refractivity contribution in [2.45, 2.75) is 12.4 Å². The number of methoxy groups -OCH3 is 1. The highest BCUT2D eigenvalue weighted by atomic mass is 19.4. The number of aromatic nitrogens is 1. The Kier molecular flexibility index (Phi) is 5.82. The molecule has 1 amide bonds. The number of halogens is 3. The first-order valence-corrected chi connectivity index (χ1v) is 10.8. The molecule has 0 bridgehead atoms. The average molecular weight is 510 g/mol. The van der Waals surface area contributed by atoms with E-state index >= 15 is 0 Å². The number of alkyl halides is 3. The molecule has 0 saturated heterocycles. The van der Waals surface area contributed by atoms with Crippen LogP contribution in [0.5, 0.6) is 11.5 Å². The number of carbonyl (C=O) groups excluding carboxylic acids is 2. The summed E-state index contributed by atoms with van der Waals surface area (Å²) in [5.41, 5.74) is 0.267. The van der Waals surface area contributed by atoms with Gasteiger partial charge >= 0.3 is 6.36 Å².